The lowest BCUT2D eigenvalue weighted by molar-refractivity contribution is 0.122. The van der Waals surface area contributed by atoms with Gasteiger partial charge in [0.1, 0.15) is 0 Å². The quantitative estimate of drug-likeness (QED) is 0.767. The van der Waals surface area contributed by atoms with Gasteiger partial charge >= 0.3 is 0 Å². The molecule has 96 valence electrons. The van der Waals surface area contributed by atoms with E-state index < -0.39 is 0 Å². The molecule has 3 nitrogen and oxygen atoms in total. The number of rotatable bonds is 5. The van der Waals surface area contributed by atoms with Crippen LogP contribution in [0.4, 0.5) is 0 Å². The lowest BCUT2D eigenvalue weighted by Gasteiger charge is -2.37. The van der Waals surface area contributed by atoms with Gasteiger partial charge in [0, 0.05) is 12.6 Å². The van der Waals surface area contributed by atoms with Crippen LogP contribution >= 0.6 is 0 Å². The average Bonchev–Trinajstić information content (AvgIpc) is 2.26. The summed E-state index contributed by atoms with van der Waals surface area (Å²) in [4.78, 5) is 4.96. The van der Waals surface area contributed by atoms with Crippen LogP contribution in [0.15, 0.2) is 0 Å². The fourth-order valence-electron chi connectivity index (χ4n) is 2.51. The van der Waals surface area contributed by atoms with E-state index >= 15 is 0 Å². The molecule has 0 aromatic carbocycles. The second-order valence-corrected chi connectivity index (χ2v) is 5.74. The van der Waals surface area contributed by atoms with Crippen LogP contribution in [0.3, 0.4) is 0 Å². The van der Waals surface area contributed by atoms with Crippen molar-refractivity contribution in [2.45, 2.75) is 32.7 Å². The summed E-state index contributed by atoms with van der Waals surface area (Å²) in [5, 5.41) is 0. The number of piperidine rings is 1. The highest BCUT2D eigenvalue weighted by Gasteiger charge is 2.23. The second kappa shape index (κ2) is 6.58. The Labute approximate surface area is 101 Å². The maximum absolute atomic E-state index is 5.83. The van der Waals surface area contributed by atoms with Gasteiger partial charge in [-0.15, -0.1) is 0 Å². The molecule has 1 rings (SSSR count). The predicted molar refractivity (Wildman–Crippen MR) is 70.5 cm³/mol. The van der Waals surface area contributed by atoms with E-state index in [1.165, 1.54) is 32.5 Å². The number of nitrogens with two attached hydrogens (primary N) is 1. The molecule has 0 aromatic heterocycles. The van der Waals surface area contributed by atoms with Gasteiger partial charge in [-0.3, -0.25) is 0 Å². The normalized spacial score (nSPS) is 21.9. The highest BCUT2D eigenvalue weighted by molar-refractivity contribution is 4.79. The molecule has 0 spiro atoms. The summed E-state index contributed by atoms with van der Waals surface area (Å²) in [5.41, 5.74) is 5.83. The molecule has 16 heavy (non-hydrogen) atoms. The van der Waals surface area contributed by atoms with E-state index in [0.29, 0.717) is 11.8 Å². The number of hydrogen-bond donors (Lipinski definition) is 1. The zero-order valence-electron chi connectivity index (χ0n) is 11.4. The molecule has 0 saturated carbocycles. The third kappa shape index (κ3) is 4.04. The first kappa shape index (κ1) is 13.9. The number of hydrogen-bond acceptors (Lipinski definition) is 3. The minimum absolute atomic E-state index is 0.663. The van der Waals surface area contributed by atoms with Crippen LogP contribution in [0, 0.1) is 11.8 Å². The molecular weight excluding hydrogens is 198 g/mol. The smallest absolute Gasteiger partial charge is 0.0113 e. The Balaban J connectivity index is 2.31. The molecule has 0 aromatic rings. The van der Waals surface area contributed by atoms with E-state index in [9.17, 15) is 0 Å². The fraction of sp³-hybridized carbons (Fsp3) is 1.00. The van der Waals surface area contributed by atoms with Crippen molar-refractivity contribution in [1.29, 1.82) is 0 Å². The lowest BCUT2D eigenvalue weighted by Crippen LogP contribution is -2.45. The van der Waals surface area contributed by atoms with Crippen LogP contribution in [-0.2, 0) is 0 Å². The Hall–Kier alpha value is -0.120. The van der Waals surface area contributed by atoms with Crippen molar-refractivity contribution in [2.24, 2.45) is 17.6 Å². The third-order valence-electron chi connectivity index (χ3n) is 4.03. The van der Waals surface area contributed by atoms with Gasteiger partial charge < -0.3 is 15.5 Å². The van der Waals surface area contributed by atoms with Crippen molar-refractivity contribution in [3.05, 3.63) is 0 Å². The van der Waals surface area contributed by atoms with E-state index in [1.807, 2.05) is 0 Å². The molecule has 1 aliphatic rings. The molecule has 0 radical (unpaired) electrons. The van der Waals surface area contributed by atoms with Crippen LogP contribution in [0.1, 0.15) is 26.7 Å². The summed E-state index contributed by atoms with van der Waals surface area (Å²) in [6.45, 7) is 9.06. The molecule has 1 saturated heterocycles. The zero-order valence-corrected chi connectivity index (χ0v) is 11.4. The predicted octanol–water partition coefficient (Wildman–Crippen LogP) is 1.24. The third-order valence-corrected chi connectivity index (χ3v) is 4.03. The molecule has 0 bridgehead atoms. The fourth-order valence-corrected chi connectivity index (χ4v) is 2.51. The molecule has 0 amide bonds. The van der Waals surface area contributed by atoms with E-state index in [4.69, 9.17) is 5.73 Å². The zero-order chi connectivity index (χ0) is 12.1. The SMILES string of the molecule is CC(C)C(CN)CN1CCC(N(C)C)CC1. The Morgan fingerprint density at radius 3 is 2.19 bits per heavy atom. The van der Waals surface area contributed by atoms with Gasteiger partial charge in [0.15, 0.2) is 0 Å². The molecular formula is C13H29N3. The lowest BCUT2D eigenvalue weighted by atomic mass is 9.94. The minimum Gasteiger partial charge on any atom is -0.330 e. The van der Waals surface area contributed by atoms with Gasteiger partial charge in [-0.25, -0.2) is 0 Å². The van der Waals surface area contributed by atoms with E-state index in [0.717, 1.165) is 12.6 Å². The van der Waals surface area contributed by atoms with Crippen molar-refractivity contribution in [2.75, 3.05) is 40.3 Å². The maximum Gasteiger partial charge on any atom is 0.0113 e. The first-order chi connectivity index (χ1) is 7.54. The van der Waals surface area contributed by atoms with E-state index in [1.54, 1.807) is 0 Å². The van der Waals surface area contributed by atoms with E-state index in [-0.39, 0.29) is 0 Å². The average molecular weight is 227 g/mol. The highest BCUT2D eigenvalue weighted by atomic mass is 15.2. The largest absolute Gasteiger partial charge is 0.330 e. The molecule has 1 heterocycles. The van der Waals surface area contributed by atoms with Gasteiger partial charge in [0.2, 0.25) is 0 Å². The standard InChI is InChI=1S/C13H29N3/c1-11(2)12(9-14)10-16-7-5-13(6-8-16)15(3)4/h11-13H,5-10,14H2,1-4H3. The minimum atomic E-state index is 0.663. The van der Waals surface area contributed by atoms with Crippen molar-refractivity contribution in [3.63, 3.8) is 0 Å². The molecule has 1 unspecified atom stereocenters. The summed E-state index contributed by atoms with van der Waals surface area (Å²) in [6.07, 6.45) is 2.62. The van der Waals surface area contributed by atoms with Crippen molar-refractivity contribution in [1.82, 2.24) is 9.80 Å². The summed E-state index contributed by atoms with van der Waals surface area (Å²) in [7, 11) is 4.38. The molecule has 3 heteroatoms. The Morgan fingerprint density at radius 1 is 1.25 bits per heavy atom. The van der Waals surface area contributed by atoms with Crippen LogP contribution in [0.5, 0.6) is 0 Å². The Kier molecular flexibility index (Phi) is 5.73. The molecule has 1 fully saturated rings. The van der Waals surface area contributed by atoms with Gasteiger partial charge in [0.05, 0.1) is 0 Å². The van der Waals surface area contributed by atoms with Crippen LogP contribution in [-0.4, -0.2) is 56.1 Å². The van der Waals surface area contributed by atoms with Gasteiger partial charge in [-0.1, -0.05) is 13.8 Å². The van der Waals surface area contributed by atoms with Crippen LogP contribution < -0.4 is 5.73 Å². The van der Waals surface area contributed by atoms with Crippen LogP contribution in [0.25, 0.3) is 0 Å². The monoisotopic (exact) mass is 227 g/mol. The Morgan fingerprint density at radius 2 is 1.81 bits per heavy atom. The highest BCUT2D eigenvalue weighted by Crippen LogP contribution is 2.17. The van der Waals surface area contributed by atoms with Gasteiger partial charge in [-0.2, -0.15) is 0 Å². The second-order valence-electron chi connectivity index (χ2n) is 5.74. The summed E-state index contributed by atoms with van der Waals surface area (Å²) in [5.74, 6) is 1.37. The summed E-state index contributed by atoms with van der Waals surface area (Å²) < 4.78 is 0. The molecule has 1 aliphatic heterocycles. The first-order valence-corrected chi connectivity index (χ1v) is 6.63. The molecule has 0 aliphatic carbocycles. The van der Waals surface area contributed by atoms with E-state index in [2.05, 4.69) is 37.7 Å². The number of nitrogens with zero attached hydrogens (tertiary/aromatic N) is 2. The summed E-state index contributed by atoms with van der Waals surface area (Å²) in [6, 6.07) is 0.784. The van der Waals surface area contributed by atoms with Gasteiger partial charge in [0.25, 0.3) is 0 Å². The molecule has 1 atom stereocenters. The first-order valence-electron chi connectivity index (χ1n) is 6.63. The van der Waals surface area contributed by atoms with Gasteiger partial charge in [-0.05, 0) is 58.4 Å². The molecule has 2 N–H and O–H groups in total. The topological polar surface area (TPSA) is 32.5 Å². The van der Waals surface area contributed by atoms with Crippen molar-refractivity contribution < 1.29 is 0 Å². The van der Waals surface area contributed by atoms with Crippen molar-refractivity contribution >= 4 is 0 Å². The summed E-state index contributed by atoms with van der Waals surface area (Å²) >= 11 is 0. The maximum atomic E-state index is 5.83. The van der Waals surface area contributed by atoms with Crippen LogP contribution in [0.2, 0.25) is 0 Å². The number of likely N-dealkylation sites (tertiary alicyclic amines) is 1. The Bertz CT molecular complexity index is 184. The van der Waals surface area contributed by atoms with Crippen molar-refractivity contribution in [3.8, 4) is 0 Å².